The maximum absolute atomic E-state index is 12.8. The van der Waals surface area contributed by atoms with Crippen molar-refractivity contribution in [1.82, 2.24) is 4.98 Å². The SMILES string of the molecule is COc1ccc(N2C[C@@H](C(=O)Nc3nc4c(C)cccc4s3)CC2=O)c(OC)c1. The Kier molecular flexibility index (Phi) is 5.10. The van der Waals surface area contributed by atoms with E-state index in [0.29, 0.717) is 22.3 Å². The third kappa shape index (κ3) is 3.63. The van der Waals surface area contributed by atoms with Crippen LogP contribution >= 0.6 is 11.3 Å². The summed E-state index contributed by atoms with van der Waals surface area (Å²) < 4.78 is 11.6. The first kappa shape index (κ1) is 19.2. The van der Waals surface area contributed by atoms with Gasteiger partial charge < -0.3 is 19.7 Å². The molecule has 1 aromatic heterocycles. The molecule has 0 spiro atoms. The second-order valence-electron chi connectivity index (χ2n) is 6.87. The number of amides is 2. The molecule has 0 unspecified atom stereocenters. The van der Waals surface area contributed by atoms with Gasteiger partial charge in [-0.1, -0.05) is 23.5 Å². The van der Waals surface area contributed by atoms with Crippen molar-refractivity contribution in [2.75, 3.05) is 31.0 Å². The van der Waals surface area contributed by atoms with Crippen LogP contribution in [0.15, 0.2) is 36.4 Å². The predicted octanol–water partition coefficient (Wildman–Crippen LogP) is 3.61. The molecule has 0 saturated carbocycles. The van der Waals surface area contributed by atoms with Crippen molar-refractivity contribution < 1.29 is 19.1 Å². The van der Waals surface area contributed by atoms with Crippen LogP contribution in [0, 0.1) is 12.8 Å². The molecule has 3 aromatic rings. The Morgan fingerprint density at radius 2 is 2.07 bits per heavy atom. The highest BCUT2D eigenvalue weighted by atomic mass is 32.1. The summed E-state index contributed by atoms with van der Waals surface area (Å²) in [5, 5.41) is 3.43. The van der Waals surface area contributed by atoms with E-state index >= 15 is 0 Å². The van der Waals surface area contributed by atoms with Gasteiger partial charge in [-0.3, -0.25) is 9.59 Å². The first-order valence-electron chi connectivity index (χ1n) is 9.19. The fourth-order valence-electron chi connectivity index (χ4n) is 3.47. The Bertz CT molecular complexity index is 1090. The number of ether oxygens (including phenoxy) is 2. The molecule has 4 rings (SSSR count). The smallest absolute Gasteiger partial charge is 0.231 e. The number of aryl methyl sites for hydroxylation is 1. The summed E-state index contributed by atoms with van der Waals surface area (Å²) in [6.45, 7) is 2.28. The molecule has 1 aliphatic heterocycles. The van der Waals surface area contributed by atoms with Crippen LogP contribution in [0.2, 0.25) is 0 Å². The van der Waals surface area contributed by atoms with Crippen LogP contribution in [0.5, 0.6) is 11.5 Å². The van der Waals surface area contributed by atoms with Gasteiger partial charge in [-0.05, 0) is 30.7 Å². The minimum atomic E-state index is -0.456. The van der Waals surface area contributed by atoms with Gasteiger partial charge in [0, 0.05) is 19.0 Å². The molecule has 1 atom stereocenters. The lowest BCUT2D eigenvalue weighted by molar-refractivity contribution is -0.122. The topological polar surface area (TPSA) is 80.8 Å². The van der Waals surface area contributed by atoms with Crippen LogP contribution < -0.4 is 19.7 Å². The number of benzene rings is 2. The van der Waals surface area contributed by atoms with Crippen molar-refractivity contribution in [3.8, 4) is 11.5 Å². The summed E-state index contributed by atoms with van der Waals surface area (Å²) in [4.78, 5) is 31.5. The van der Waals surface area contributed by atoms with Gasteiger partial charge in [-0.2, -0.15) is 0 Å². The van der Waals surface area contributed by atoms with E-state index in [1.807, 2.05) is 25.1 Å². The van der Waals surface area contributed by atoms with Gasteiger partial charge in [0.05, 0.1) is 36.0 Å². The molecule has 0 aliphatic carbocycles. The molecule has 2 aromatic carbocycles. The average Bonchev–Trinajstić information content (AvgIpc) is 3.31. The van der Waals surface area contributed by atoms with E-state index in [1.54, 1.807) is 30.2 Å². The number of carbonyl (C=O) groups is 2. The molecular formula is C21H21N3O4S. The van der Waals surface area contributed by atoms with Gasteiger partial charge in [0.1, 0.15) is 11.5 Å². The molecule has 150 valence electrons. The minimum absolute atomic E-state index is 0.117. The predicted molar refractivity (Wildman–Crippen MR) is 113 cm³/mol. The molecule has 2 heterocycles. The van der Waals surface area contributed by atoms with Crippen LogP contribution in [0.1, 0.15) is 12.0 Å². The summed E-state index contributed by atoms with van der Waals surface area (Å²) in [5.74, 6) is 0.388. The molecular weight excluding hydrogens is 390 g/mol. The summed E-state index contributed by atoms with van der Waals surface area (Å²) >= 11 is 1.43. The number of para-hydroxylation sites is 1. The number of carbonyl (C=O) groups excluding carboxylic acids is 2. The lowest BCUT2D eigenvalue weighted by atomic mass is 10.1. The Labute approximate surface area is 172 Å². The number of aromatic nitrogens is 1. The first-order chi connectivity index (χ1) is 14.0. The zero-order chi connectivity index (χ0) is 20.5. The third-order valence-electron chi connectivity index (χ3n) is 5.02. The number of anilines is 2. The van der Waals surface area contributed by atoms with Crippen LogP contribution in [-0.4, -0.2) is 37.6 Å². The number of fused-ring (bicyclic) bond motifs is 1. The summed E-state index contributed by atoms with van der Waals surface area (Å²) in [6.07, 6.45) is 0.144. The molecule has 0 bridgehead atoms. The van der Waals surface area contributed by atoms with Gasteiger partial charge in [-0.15, -0.1) is 0 Å². The molecule has 2 amide bonds. The number of hydrogen-bond acceptors (Lipinski definition) is 6. The molecule has 1 aliphatic rings. The maximum Gasteiger partial charge on any atom is 0.231 e. The van der Waals surface area contributed by atoms with E-state index in [1.165, 1.54) is 18.4 Å². The largest absolute Gasteiger partial charge is 0.497 e. The van der Waals surface area contributed by atoms with Crippen LogP contribution in [0.4, 0.5) is 10.8 Å². The summed E-state index contributed by atoms with van der Waals surface area (Å²) in [7, 11) is 3.11. The molecule has 1 saturated heterocycles. The van der Waals surface area contributed by atoms with Crippen LogP contribution in [0.25, 0.3) is 10.2 Å². The minimum Gasteiger partial charge on any atom is -0.497 e. The lowest BCUT2D eigenvalue weighted by Crippen LogP contribution is -2.28. The second-order valence-corrected chi connectivity index (χ2v) is 7.90. The van der Waals surface area contributed by atoms with Crippen molar-refractivity contribution >= 4 is 44.2 Å². The quantitative estimate of drug-likeness (QED) is 0.694. The van der Waals surface area contributed by atoms with Gasteiger partial charge in [-0.25, -0.2) is 4.98 Å². The maximum atomic E-state index is 12.8. The molecule has 1 fully saturated rings. The summed E-state index contributed by atoms with van der Waals surface area (Å²) in [5.41, 5.74) is 2.58. The number of nitrogens with one attached hydrogen (secondary N) is 1. The average molecular weight is 411 g/mol. The van der Waals surface area contributed by atoms with E-state index in [0.717, 1.165) is 15.8 Å². The van der Waals surface area contributed by atoms with Crippen LogP contribution in [-0.2, 0) is 9.59 Å². The van der Waals surface area contributed by atoms with Gasteiger partial charge in [0.2, 0.25) is 11.8 Å². The van der Waals surface area contributed by atoms with Crippen molar-refractivity contribution in [3.63, 3.8) is 0 Å². The Balaban J connectivity index is 1.51. The monoisotopic (exact) mass is 411 g/mol. The van der Waals surface area contributed by atoms with Gasteiger partial charge in [0.15, 0.2) is 5.13 Å². The van der Waals surface area contributed by atoms with Crippen molar-refractivity contribution in [2.45, 2.75) is 13.3 Å². The highest BCUT2D eigenvalue weighted by Crippen LogP contribution is 2.36. The Morgan fingerprint density at radius 1 is 1.24 bits per heavy atom. The molecule has 0 radical (unpaired) electrons. The highest BCUT2D eigenvalue weighted by Gasteiger charge is 2.36. The van der Waals surface area contributed by atoms with Crippen molar-refractivity contribution in [3.05, 3.63) is 42.0 Å². The Hall–Kier alpha value is -3.13. The van der Waals surface area contributed by atoms with E-state index in [-0.39, 0.29) is 24.8 Å². The van der Waals surface area contributed by atoms with Crippen LogP contribution in [0.3, 0.4) is 0 Å². The number of thiazole rings is 1. The van der Waals surface area contributed by atoms with Gasteiger partial charge in [0.25, 0.3) is 0 Å². The lowest BCUT2D eigenvalue weighted by Gasteiger charge is -2.20. The molecule has 7 nitrogen and oxygen atoms in total. The zero-order valence-electron chi connectivity index (χ0n) is 16.4. The van der Waals surface area contributed by atoms with E-state index in [4.69, 9.17) is 9.47 Å². The first-order valence-corrected chi connectivity index (χ1v) is 10.0. The Morgan fingerprint density at radius 3 is 2.79 bits per heavy atom. The van der Waals surface area contributed by atoms with Gasteiger partial charge >= 0.3 is 0 Å². The normalized spacial score (nSPS) is 16.3. The zero-order valence-corrected chi connectivity index (χ0v) is 17.2. The van der Waals surface area contributed by atoms with Crippen molar-refractivity contribution in [2.24, 2.45) is 5.92 Å². The highest BCUT2D eigenvalue weighted by molar-refractivity contribution is 7.22. The fourth-order valence-corrected chi connectivity index (χ4v) is 4.42. The standard InChI is InChI=1S/C21H21N3O4S/c1-12-5-4-6-17-19(12)22-21(29-17)23-20(26)13-9-18(25)24(11-13)15-8-7-14(27-2)10-16(15)28-3/h4-8,10,13H,9,11H2,1-3H3,(H,22,23,26)/t13-/m0/s1. The van der Waals surface area contributed by atoms with E-state index in [9.17, 15) is 9.59 Å². The molecule has 29 heavy (non-hydrogen) atoms. The summed E-state index contributed by atoms with van der Waals surface area (Å²) in [6, 6.07) is 11.2. The molecule has 1 N–H and O–H groups in total. The van der Waals surface area contributed by atoms with Crippen molar-refractivity contribution in [1.29, 1.82) is 0 Å². The number of rotatable bonds is 5. The third-order valence-corrected chi connectivity index (χ3v) is 5.96. The van der Waals surface area contributed by atoms with E-state index < -0.39 is 5.92 Å². The number of hydrogen-bond donors (Lipinski definition) is 1. The van der Waals surface area contributed by atoms with E-state index in [2.05, 4.69) is 10.3 Å². The second kappa shape index (κ2) is 7.71. The number of methoxy groups -OCH3 is 2. The number of nitrogens with zero attached hydrogens (tertiary/aromatic N) is 2. The molecule has 8 heteroatoms. The fraction of sp³-hybridized carbons (Fsp3) is 0.286.